The van der Waals surface area contributed by atoms with Crippen molar-refractivity contribution in [3.05, 3.63) is 33.8 Å². The van der Waals surface area contributed by atoms with Gasteiger partial charge in [-0.15, -0.1) is 11.8 Å². The Balaban J connectivity index is 2.98. The van der Waals surface area contributed by atoms with Gasteiger partial charge in [0.15, 0.2) is 0 Å². The van der Waals surface area contributed by atoms with E-state index >= 15 is 0 Å². The van der Waals surface area contributed by atoms with E-state index in [0.29, 0.717) is 6.04 Å². The number of rotatable bonds is 3. The fourth-order valence-corrected chi connectivity index (χ4v) is 1.94. The van der Waals surface area contributed by atoms with Gasteiger partial charge in [-0.05, 0) is 44.2 Å². The van der Waals surface area contributed by atoms with Crippen LogP contribution in [0, 0.1) is 18.8 Å². The molecule has 0 radical (unpaired) electrons. The van der Waals surface area contributed by atoms with Crippen LogP contribution in [-0.2, 0) is 0 Å². The van der Waals surface area contributed by atoms with Crippen molar-refractivity contribution in [1.29, 1.82) is 0 Å². The first kappa shape index (κ1) is 12.3. The second-order valence-corrected chi connectivity index (χ2v) is 4.39. The molecule has 0 aliphatic carbocycles. The van der Waals surface area contributed by atoms with Gasteiger partial charge in [-0.25, -0.2) is 0 Å². The third-order valence-corrected chi connectivity index (χ3v) is 2.94. The summed E-state index contributed by atoms with van der Waals surface area (Å²) in [5.41, 5.74) is 2.62. The van der Waals surface area contributed by atoms with Gasteiger partial charge >= 0.3 is 0 Å². The molecular weight excluding hydrogens is 250 g/mol. The highest BCUT2D eigenvalue weighted by atomic mass is 79.9. The average molecular weight is 266 g/mol. The summed E-state index contributed by atoms with van der Waals surface area (Å²) in [5, 5.41) is 3.30. The summed E-state index contributed by atoms with van der Waals surface area (Å²) in [6, 6.07) is 6.67. The zero-order valence-corrected chi connectivity index (χ0v) is 11.0. The summed E-state index contributed by atoms with van der Waals surface area (Å²) in [6.07, 6.45) is 0.851. The van der Waals surface area contributed by atoms with Gasteiger partial charge < -0.3 is 5.32 Å². The zero-order valence-electron chi connectivity index (χ0n) is 9.39. The van der Waals surface area contributed by atoms with Crippen LogP contribution in [0.4, 0.5) is 0 Å². The monoisotopic (exact) mass is 265 g/mol. The molecule has 0 heterocycles. The first-order chi connectivity index (χ1) is 7.19. The Hall–Kier alpha value is -0.780. The molecule has 1 unspecified atom stereocenters. The molecule has 0 bridgehead atoms. The van der Waals surface area contributed by atoms with E-state index in [1.165, 1.54) is 11.1 Å². The predicted octanol–water partition coefficient (Wildman–Crippen LogP) is 3.43. The second kappa shape index (κ2) is 5.95. The Kier molecular flexibility index (Phi) is 4.87. The summed E-state index contributed by atoms with van der Waals surface area (Å²) < 4.78 is 1.12. The Labute approximate surface area is 100 Å². The van der Waals surface area contributed by atoms with Crippen LogP contribution in [-0.4, -0.2) is 7.05 Å². The summed E-state index contributed by atoms with van der Waals surface area (Å²) in [6.45, 7) is 4.01. The lowest BCUT2D eigenvalue weighted by molar-refractivity contribution is 0.607. The van der Waals surface area contributed by atoms with Crippen molar-refractivity contribution in [2.45, 2.75) is 26.3 Å². The minimum atomic E-state index is 0.315. The summed E-state index contributed by atoms with van der Waals surface area (Å²) in [7, 11) is 1.97. The van der Waals surface area contributed by atoms with Crippen LogP contribution in [0.15, 0.2) is 22.7 Å². The first-order valence-electron chi connectivity index (χ1n) is 5.02. The number of nitrogens with one attached hydrogen (secondary N) is 1. The molecule has 0 fully saturated rings. The summed E-state index contributed by atoms with van der Waals surface area (Å²) in [4.78, 5) is 0. The van der Waals surface area contributed by atoms with Crippen LogP contribution in [0.1, 0.15) is 30.5 Å². The van der Waals surface area contributed by atoms with Crippen LogP contribution in [0.2, 0.25) is 0 Å². The number of halogens is 1. The molecule has 2 heteroatoms. The minimum absolute atomic E-state index is 0.315. The van der Waals surface area contributed by atoms with Crippen LogP contribution in [0.3, 0.4) is 0 Å². The van der Waals surface area contributed by atoms with Crippen LogP contribution >= 0.6 is 15.9 Å². The molecule has 0 aromatic heterocycles. The standard InChI is InChI=1S/C13H16BrN/c1-4-5-6-13(15-3)12-9-11(14)8-7-10(12)2/h7-9,13,15H,6H2,1-3H3. The van der Waals surface area contributed by atoms with Gasteiger partial charge in [0.1, 0.15) is 0 Å². The lowest BCUT2D eigenvalue weighted by atomic mass is 9.99. The molecule has 15 heavy (non-hydrogen) atoms. The van der Waals surface area contributed by atoms with Crippen molar-refractivity contribution in [2.24, 2.45) is 0 Å². The van der Waals surface area contributed by atoms with Gasteiger partial charge in [-0.1, -0.05) is 22.0 Å². The van der Waals surface area contributed by atoms with Crippen molar-refractivity contribution >= 4 is 15.9 Å². The third-order valence-electron chi connectivity index (χ3n) is 2.45. The number of benzene rings is 1. The minimum Gasteiger partial charge on any atom is -0.312 e. The van der Waals surface area contributed by atoms with Crippen molar-refractivity contribution in [3.8, 4) is 11.8 Å². The van der Waals surface area contributed by atoms with E-state index < -0.39 is 0 Å². The molecule has 1 N–H and O–H groups in total. The van der Waals surface area contributed by atoms with Crippen LogP contribution in [0.5, 0.6) is 0 Å². The van der Waals surface area contributed by atoms with Gasteiger partial charge in [0.2, 0.25) is 0 Å². The Morgan fingerprint density at radius 1 is 1.47 bits per heavy atom. The van der Waals surface area contributed by atoms with Gasteiger partial charge in [-0.2, -0.15) is 0 Å². The largest absolute Gasteiger partial charge is 0.312 e. The highest BCUT2D eigenvalue weighted by Gasteiger charge is 2.10. The fraction of sp³-hybridized carbons (Fsp3) is 0.385. The van der Waals surface area contributed by atoms with Crippen molar-refractivity contribution < 1.29 is 0 Å². The maximum atomic E-state index is 3.50. The number of hydrogen-bond acceptors (Lipinski definition) is 1. The molecule has 0 aliphatic rings. The van der Waals surface area contributed by atoms with Gasteiger partial charge in [0, 0.05) is 16.9 Å². The second-order valence-electron chi connectivity index (χ2n) is 3.47. The SMILES string of the molecule is CC#CCC(NC)c1cc(Br)ccc1C. The highest BCUT2D eigenvalue weighted by molar-refractivity contribution is 9.10. The van der Waals surface area contributed by atoms with E-state index in [1.54, 1.807) is 0 Å². The van der Waals surface area contributed by atoms with Crippen LogP contribution in [0.25, 0.3) is 0 Å². The van der Waals surface area contributed by atoms with E-state index in [2.05, 4.69) is 58.2 Å². The van der Waals surface area contributed by atoms with Crippen molar-refractivity contribution in [3.63, 3.8) is 0 Å². The molecule has 0 spiro atoms. The molecule has 1 aromatic rings. The van der Waals surface area contributed by atoms with Gasteiger partial charge in [0.25, 0.3) is 0 Å². The molecule has 80 valence electrons. The normalized spacial score (nSPS) is 11.7. The topological polar surface area (TPSA) is 12.0 Å². The van der Waals surface area contributed by atoms with E-state index in [1.807, 2.05) is 14.0 Å². The molecule has 1 rings (SSSR count). The quantitative estimate of drug-likeness (QED) is 0.826. The molecule has 0 aliphatic heterocycles. The molecular formula is C13H16BrN. The van der Waals surface area contributed by atoms with Crippen molar-refractivity contribution in [2.75, 3.05) is 7.05 Å². The van der Waals surface area contributed by atoms with E-state index in [0.717, 1.165) is 10.9 Å². The third kappa shape index (κ3) is 3.37. The molecule has 0 saturated heterocycles. The smallest absolute Gasteiger partial charge is 0.0431 e. The molecule has 1 atom stereocenters. The number of hydrogen-bond donors (Lipinski definition) is 1. The molecule has 0 amide bonds. The number of aryl methyl sites for hydroxylation is 1. The molecule has 0 saturated carbocycles. The predicted molar refractivity (Wildman–Crippen MR) is 68.7 cm³/mol. The molecule has 1 aromatic carbocycles. The van der Waals surface area contributed by atoms with Crippen molar-refractivity contribution in [1.82, 2.24) is 5.32 Å². The Morgan fingerprint density at radius 3 is 2.80 bits per heavy atom. The lowest BCUT2D eigenvalue weighted by Crippen LogP contribution is -2.16. The van der Waals surface area contributed by atoms with E-state index in [4.69, 9.17) is 0 Å². The van der Waals surface area contributed by atoms with Gasteiger partial charge in [0.05, 0.1) is 0 Å². The highest BCUT2D eigenvalue weighted by Crippen LogP contribution is 2.23. The maximum Gasteiger partial charge on any atom is 0.0431 e. The fourth-order valence-electron chi connectivity index (χ4n) is 1.56. The average Bonchev–Trinajstić information content (AvgIpc) is 2.24. The summed E-state index contributed by atoms with van der Waals surface area (Å²) in [5.74, 6) is 6.05. The lowest BCUT2D eigenvalue weighted by Gasteiger charge is -2.16. The van der Waals surface area contributed by atoms with Gasteiger partial charge in [-0.3, -0.25) is 0 Å². The van der Waals surface area contributed by atoms with Crippen LogP contribution < -0.4 is 5.32 Å². The molecule has 1 nitrogen and oxygen atoms in total. The van der Waals surface area contributed by atoms with E-state index in [-0.39, 0.29) is 0 Å². The maximum absolute atomic E-state index is 3.50. The van der Waals surface area contributed by atoms with E-state index in [9.17, 15) is 0 Å². The first-order valence-corrected chi connectivity index (χ1v) is 5.81. The summed E-state index contributed by atoms with van der Waals surface area (Å²) >= 11 is 3.50. The Morgan fingerprint density at radius 2 is 2.20 bits per heavy atom. The zero-order chi connectivity index (χ0) is 11.3. The Bertz CT molecular complexity index is 387.